The highest BCUT2D eigenvalue weighted by Crippen LogP contribution is 2.32. The minimum Gasteiger partial charge on any atom is -0.490 e. The average molecular weight is 276 g/mol. The highest BCUT2D eigenvalue weighted by Gasteiger charge is 2.14. The lowest BCUT2D eigenvalue weighted by molar-refractivity contribution is 0.264. The number of aromatic nitrogens is 1. The molecule has 2 aromatic rings. The molecule has 20 heavy (non-hydrogen) atoms. The van der Waals surface area contributed by atoms with E-state index in [9.17, 15) is 0 Å². The molecule has 5 nitrogen and oxygen atoms in total. The van der Waals surface area contributed by atoms with Crippen LogP contribution in [0.3, 0.4) is 0 Å². The van der Waals surface area contributed by atoms with Crippen LogP contribution in [0.1, 0.15) is 29.5 Å². The Bertz CT molecular complexity index is 559. The van der Waals surface area contributed by atoms with Crippen LogP contribution in [0.2, 0.25) is 0 Å². The van der Waals surface area contributed by atoms with E-state index in [1.54, 1.807) is 0 Å². The summed E-state index contributed by atoms with van der Waals surface area (Å²) < 4.78 is 16.6. The first-order valence-corrected chi connectivity index (χ1v) is 6.66. The van der Waals surface area contributed by atoms with E-state index in [1.807, 2.05) is 39.0 Å². The number of nitrogens with zero attached hydrogens (tertiary/aromatic N) is 1. The van der Waals surface area contributed by atoms with Crippen molar-refractivity contribution in [2.45, 2.75) is 33.9 Å². The van der Waals surface area contributed by atoms with Gasteiger partial charge in [0.1, 0.15) is 12.4 Å². The molecular formula is C15H20N2O3. The molecule has 0 spiro atoms. The Morgan fingerprint density at radius 3 is 2.65 bits per heavy atom. The second-order valence-electron chi connectivity index (χ2n) is 4.47. The van der Waals surface area contributed by atoms with Gasteiger partial charge in [-0.3, -0.25) is 0 Å². The van der Waals surface area contributed by atoms with Gasteiger partial charge in [-0.25, -0.2) is 0 Å². The van der Waals surface area contributed by atoms with Gasteiger partial charge in [-0.15, -0.1) is 0 Å². The quantitative estimate of drug-likeness (QED) is 0.878. The molecule has 2 N–H and O–H groups in total. The molecule has 0 aliphatic heterocycles. The molecule has 0 saturated heterocycles. The van der Waals surface area contributed by atoms with E-state index in [-0.39, 0.29) is 0 Å². The fourth-order valence-electron chi connectivity index (χ4n) is 2.01. The minimum absolute atomic E-state index is 0.387. The number of nitrogens with two attached hydrogens (primary N) is 1. The van der Waals surface area contributed by atoms with Gasteiger partial charge in [0.15, 0.2) is 11.5 Å². The zero-order valence-electron chi connectivity index (χ0n) is 12.1. The summed E-state index contributed by atoms with van der Waals surface area (Å²) >= 11 is 0. The standard InChI is InChI=1S/C15H20N2O3/c1-4-18-14-7-5-6-12(8-16)15(14)19-9-13-10(2)17-20-11(13)3/h5-7H,4,8-9,16H2,1-3H3. The first-order valence-electron chi connectivity index (χ1n) is 6.66. The number of aryl methyl sites for hydroxylation is 2. The number of benzene rings is 1. The van der Waals surface area contributed by atoms with E-state index in [0.717, 1.165) is 22.6 Å². The van der Waals surface area contributed by atoms with Gasteiger partial charge in [0.05, 0.1) is 17.9 Å². The topological polar surface area (TPSA) is 70.5 Å². The average Bonchev–Trinajstić information content (AvgIpc) is 2.77. The number of hydrogen-bond acceptors (Lipinski definition) is 5. The summed E-state index contributed by atoms with van der Waals surface area (Å²) in [6, 6.07) is 5.73. The molecule has 0 unspecified atom stereocenters. The fourth-order valence-corrected chi connectivity index (χ4v) is 2.01. The molecule has 0 atom stereocenters. The molecule has 0 aliphatic rings. The molecule has 1 heterocycles. The lowest BCUT2D eigenvalue weighted by Gasteiger charge is -2.15. The molecule has 0 saturated carbocycles. The van der Waals surface area contributed by atoms with E-state index in [0.29, 0.717) is 31.3 Å². The van der Waals surface area contributed by atoms with Crippen molar-refractivity contribution in [3.05, 3.63) is 40.8 Å². The van der Waals surface area contributed by atoms with Gasteiger partial charge < -0.3 is 19.7 Å². The summed E-state index contributed by atoms with van der Waals surface area (Å²) in [5, 5.41) is 3.92. The minimum atomic E-state index is 0.387. The maximum absolute atomic E-state index is 5.91. The van der Waals surface area contributed by atoms with E-state index in [4.69, 9.17) is 19.7 Å². The van der Waals surface area contributed by atoms with Gasteiger partial charge in [0.25, 0.3) is 0 Å². The van der Waals surface area contributed by atoms with Crippen LogP contribution in [0.15, 0.2) is 22.7 Å². The molecular weight excluding hydrogens is 256 g/mol. The number of rotatable bonds is 6. The lowest BCUT2D eigenvalue weighted by atomic mass is 10.2. The van der Waals surface area contributed by atoms with E-state index in [2.05, 4.69) is 5.16 Å². The molecule has 0 aliphatic carbocycles. The summed E-state index contributed by atoms with van der Waals surface area (Å²) in [6.07, 6.45) is 0. The van der Waals surface area contributed by atoms with E-state index < -0.39 is 0 Å². The molecule has 0 bridgehead atoms. The van der Waals surface area contributed by atoms with Crippen molar-refractivity contribution < 1.29 is 14.0 Å². The third kappa shape index (κ3) is 2.93. The Kier molecular flexibility index (Phi) is 4.63. The molecule has 1 aromatic heterocycles. The van der Waals surface area contributed by atoms with Crippen molar-refractivity contribution in [2.24, 2.45) is 5.73 Å². The molecule has 108 valence electrons. The van der Waals surface area contributed by atoms with Crippen molar-refractivity contribution in [1.29, 1.82) is 0 Å². The third-order valence-corrected chi connectivity index (χ3v) is 3.12. The fraction of sp³-hybridized carbons (Fsp3) is 0.400. The summed E-state index contributed by atoms with van der Waals surface area (Å²) in [4.78, 5) is 0. The normalized spacial score (nSPS) is 10.6. The number of hydrogen-bond donors (Lipinski definition) is 1. The van der Waals surface area contributed by atoms with Crippen molar-refractivity contribution in [2.75, 3.05) is 6.61 Å². The third-order valence-electron chi connectivity index (χ3n) is 3.12. The Hall–Kier alpha value is -2.01. The van der Waals surface area contributed by atoms with Gasteiger partial charge in [-0.1, -0.05) is 17.3 Å². The second-order valence-corrected chi connectivity index (χ2v) is 4.47. The largest absolute Gasteiger partial charge is 0.490 e. The molecule has 0 radical (unpaired) electrons. The van der Waals surface area contributed by atoms with Crippen LogP contribution in [-0.2, 0) is 13.2 Å². The predicted octanol–water partition coefficient (Wildman–Crippen LogP) is 2.73. The second kappa shape index (κ2) is 6.43. The molecule has 0 fully saturated rings. The van der Waals surface area contributed by atoms with Crippen LogP contribution in [0.5, 0.6) is 11.5 Å². The van der Waals surface area contributed by atoms with Gasteiger partial charge in [0.2, 0.25) is 0 Å². The van der Waals surface area contributed by atoms with Gasteiger partial charge >= 0.3 is 0 Å². The van der Waals surface area contributed by atoms with Crippen LogP contribution in [0.4, 0.5) is 0 Å². The smallest absolute Gasteiger partial charge is 0.166 e. The lowest BCUT2D eigenvalue weighted by Crippen LogP contribution is -2.06. The molecule has 1 aromatic carbocycles. The monoisotopic (exact) mass is 276 g/mol. The molecule has 5 heteroatoms. The van der Waals surface area contributed by atoms with Crippen LogP contribution in [0.25, 0.3) is 0 Å². The van der Waals surface area contributed by atoms with Crippen LogP contribution >= 0.6 is 0 Å². The first kappa shape index (κ1) is 14.4. The zero-order valence-corrected chi connectivity index (χ0v) is 12.1. The van der Waals surface area contributed by atoms with Crippen LogP contribution in [-0.4, -0.2) is 11.8 Å². The Morgan fingerprint density at radius 1 is 1.25 bits per heavy atom. The van der Waals surface area contributed by atoms with Crippen LogP contribution < -0.4 is 15.2 Å². The Balaban J connectivity index is 2.23. The SMILES string of the molecule is CCOc1cccc(CN)c1OCc1c(C)noc1C. The van der Waals surface area contributed by atoms with Crippen molar-refractivity contribution in [3.8, 4) is 11.5 Å². The highest BCUT2D eigenvalue weighted by atomic mass is 16.5. The van der Waals surface area contributed by atoms with E-state index in [1.165, 1.54) is 0 Å². The summed E-state index contributed by atoms with van der Waals surface area (Å²) in [6.45, 7) is 7.07. The van der Waals surface area contributed by atoms with Crippen molar-refractivity contribution >= 4 is 0 Å². The highest BCUT2D eigenvalue weighted by molar-refractivity contribution is 5.46. The van der Waals surface area contributed by atoms with Gasteiger partial charge in [-0.2, -0.15) is 0 Å². The predicted molar refractivity (Wildman–Crippen MR) is 75.8 cm³/mol. The Morgan fingerprint density at radius 2 is 2.05 bits per heavy atom. The van der Waals surface area contributed by atoms with E-state index >= 15 is 0 Å². The number of ether oxygens (including phenoxy) is 2. The van der Waals surface area contributed by atoms with Crippen LogP contribution in [0, 0.1) is 13.8 Å². The maximum atomic E-state index is 5.91. The maximum Gasteiger partial charge on any atom is 0.166 e. The first-order chi connectivity index (χ1) is 9.67. The summed E-state index contributed by atoms with van der Waals surface area (Å²) in [7, 11) is 0. The summed E-state index contributed by atoms with van der Waals surface area (Å²) in [5.74, 6) is 2.17. The van der Waals surface area contributed by atoms with Crippen molar-refractivity contribution in [3.63, 3.8) is 0 Å². The Labute approximate surface area is 118 Å². The summed E-state index contributed by atoms with van der Waals surface area (Å²) in [5.41, 5.74) is 8.47. The number of para-hydroxylation sites is 1. The molecule has 2 rings (SSSR count). The van der Waals surface area contributed by atoms with Gasteiger partial charge in [-0.05, 0) is 26.8 Å². The molecule has 0 amide bonds. The van der Waals surface area contributed by atoms with Crippen molar-refractivity contribution in [1.82, 2.24) is 5.16 Å². The zero-order chi connectivity index (χ0) is 14.5. The van der Waals surface area contributed by atoms with Gasteiger partial charge in [0, 0.05) is 12.1 Å².